The number of carbonyl (C=O) groups excluding carboxylic acids is 2. The maximum Gasteiger partial charge on any atom is 0.228 e. The number of allylic oxidation sites excluding steroid dienone is 2. The van der Waals surface area contributed by atoms with Crippen molar-refractivity contribution >= 4 is 29.0 Å². The van der Waals surface area contributed by atoms with E-state index < -0.39 is 0 Å². The van der Waals surface area contributed by atoms with Gasteiger partial charge < -0.3 is 5.32 Å². The van der Waals surface area contributed by atoms with Gasteiger partial charge in [0, 0.05) is 16.6 Å². The molecule has 3 rings (SSSR count). The molecule has 4 heteroatoms. The van der Waals surface area contributed by atoms with Crippen molar-refractivity contribution in [2.45, 2.75) is 20.3 Å². The van der Waals surface area contributed by atoms with Crippen LogP contribution in [0, 0.1) is 30.6 Å². The molecule has 4 unspecified atom stereocenters. The number of hydrogen-bond acceptors (Lipinski definition) is 2. The zero-order valence-corrected chi connectivity index (χ0v) is 12.9. The van der Waals surface area contributed by atoms with Gasteiger partial charge in [0.15, 0.2) is 0 Å². The van der Waals surface area contributed by atoms with Crippen LogP contribution < -0.4 is 5.32 Å². The lowest BCUT2D eigenvalue weighted by Gasteiger charge is -2.25. The molecule has 0 spiro atoms. The van der Waals surface area contributed by atoms with Crippen LogP contribution in [0.1, 0.15) is 18.9 Å². The predicted octanol–water partition coefficient (Wildman–Crippen LogP) is 3.61. The van der Waals surface area contributed by atoms with E-state index in [1.54, 1.807) is 13.0 Å². The van der Waals surface area contributed by atoms with Crippen molar-refractivity contribution in [3.05, 3.63) is 40.9 Å². The molecule has 21 heavy (non-hydrogen) atoms. The summed E-state index contributed by atoms with van der Waals surface area (Å²) in [5, 5.41) is 3.58. The zero-order chi connectivity index (χ0) is 15.1. The second-order valence-electron chi connectivity index (χ2n) is 6.01. The highest BCUT2D eigenvalue weighted by molar-refractivity contribution is 6.31. The summed E-state index contributed by atoms with van der Waals surface area (Å²) in [5.41, 5.74) is 1.58. The first-order valence-electron chi connectivity index (χ1n) is 7.24. The molecule has 1 amide bonds. The van der Waals surface area contributed by atoms with Crippen LogP contribution in [0.25, 0.3) is 0 Å². The highest BCUT2D eigenvalue weighted by Gasteiger charge is 2.50. The number of hydrogen-bond donors (Lipinski definition) is 1. The minimum absolute atomic E-state index is 0.0718. The Morgan fingerprint density at radius 2 is 1.86 bits per heavy atom. The SMILES string of the molecule is CC(=O)C1C2C=CC(C2)C1C(=O)Nc1cccc(Cl)c1C. The van der Waals surface area contributed by atoms with Crippen molar-refractivity contribution in [3.63, 3.8) is 0 Å². The Balaban J connectivity index is 1.84. The molecule has 3 nitrogen and oxygen atoms in total. The molecule has 1 N–H and O–H groups in total. The molecule has 2 aliphatic carbocycles. The van der Waals surface area contributed by atoms with Crippen LogP contribution in [0.4, 0.5) is 5.69 Å². The van der Waals surface area contributed by atoms with E-state index in [1.165, 1.54) is 0 Å². The fourth-order valence-corrected chi connectivity index (χ4v) is 3.87. The minimum Gasteiger partial charge on any atom is -0.326 e. The lowest BCUT2D eigenvalue weighted by atomic mass is 9.80. The molecule has 4 atom stereocenters. The molecular formula is C17H18ClNO2. The molecule has 2 aliphatic rings. The molecule has 1 aromatic carbocycles. The first-order valence-corrected chi connectivity index (χ1v) is 7.61. The number of halogens is 1. The van der Waals surface area contributed by atoms with E-state index in [2.05, 4.69) is 17.5 Å². The Hall–Kier alpha value is -1.61. The zero-order valence-electron chi connectivity index (χ0n) is 12.1. The second kappa shape index (κ2) is 5.30. The van der Waals surface area contributed by atoms with Gasteiger partial charge in [-0.3, -0.25) is 9.59 Å². The largest absolute Gasteiger partial charge is 0.326 e. The summed E-state index contributed by atoms with van der Waals surface area (Å²) in [4.78, 5) is 24.5. The van der Waals surface area contributed by atoms with E-state index in [0.29, 0.717) is 5.02 Å². The Morgan fingerprint density at radius 1 is 1.19 bits per heavy atom. The van der Waals surface area contributed by atoms with Gasteiger partial charge in [-0.2, -0.15) is 0 Å². The fourth-order valence-electron chi connectivity index (χ4n) is 3.69. The first kappa shape index (κ1) is 14.3. The van der Waals surface area contributed by atoms with E-state index in [1.807, 2.05) is 19.1 Å². The quantitative estimate of drug-likeness (QED) is 0.867. The summed E-state index contributed by atoms with van der Waals surface area (Å²) < 4.78 is 0. The number of rotatable bonds is 3. The van der Waals surface area contributed by atoms with Gasteiger partial charge in [-0.15, -0.1) is 0 Å². The topological polar surface area (TPSA) is 46.2 Å². The normalized spacial score (nSPS) is 29.7. The van der Waals surface area contributed by atoms with Gasteiger partial charge in [0.2, 0.25) is 5.91 Å². The number of carbonyl (C=O) groups is 2. The third-order valence-corrected chi connectivity index (χ3v) is 5.17. The smallest absolute Gasteiger partial charge is 0.228 e. The summed E-state index contributed by atoms with van der Waals surface area (Å²) in [7, 11) is 0. The molecule has 110 valence electrons. The Labute approximate surface area is 129 Å². The van der Waals surface area contributed by atoms with Crippen molar-refractivity contribution < 1.29 is 9.59 Å². The summed E-state index contributed by atoms with van der Waals surface area (Å²) in [6.45, 7) is 3.46. The van der Waals surface area contributed by atoms with Crippen LogP contribution in [0.5, 0.6) is 0 Å². The van der Waals surface area contributed by atoms with Gasteiger partial charge >= 0.3 is 0 Å². The highest BCUT2D eigenvalue weighted by atomic mass is 35.5. The standard InChI is InChI=1S/C17H18ClNO2/c1-9-13(18)4-3-5-14(9)19-17(21)16-12-7-6-11(8-12)15(16)10(2)20/h3-7,11-12,15-16H,8H2,1-2H3,(H,19,21). The second-order valence-corrected chi connectivity index (χ2v) is 6.42. The summed E-state index contributed by atoms with van der Waals surface area (Å²) >= 11 is 6.08. The molecule has 1 fully saturated rings. The van der Waals surface area contributed by atoms with E-state index in [-0.39, 0.29) is 35.4 Å². The number of nitrogens with one attached hydrogen (secondary N) is 1. The highest BCUT2D eigenvalue weighted by Crippen LogP contribution is 2.48. The van der Waals surface area contributed by atoms with Crippen molar-refractivity contribution in [2.24, 2.45) is 23.7 Å². The average molecular weight is 304 g/mol. The Kier molecular flexibility index (Phi) is 3.62. The molecule has 0 saturated heterocycles. The van der Waals surface area contributed by atoms with Crippen LogP contribution in [-0.2, 0) is 9.59 Å². The molecule has 0 aromatic heterocycles. The van der Waals surface area contributed by atoms with Gasteiger partial charge in [0.1, 0.15) is 5.78 Å². The first-order chi connectivity index (χ1) is 9.99. The van der Waals surface area contributed by atoms with Gasteiger partial charge in [-0.1, -0.05) is 29.8 Å². The van der Waals surface area contributed by atoms with E-state index in [4.69, 9.17) is 11.6 Å². The molecule has 1 saturated carbocycles. The van der Waals surface area contributed by atoms with Crippen LogP contribution in [-0.4, -0.2) is 11.7 Å². The monoisotopic (exact) mass is 303 g/mol. The van der Waals surface area contributed by atoms with Crippen molar-refractivity contribution in [2.75, 3.05) is 5.32 Å². The average Bonchev–Trinajstić information content (AvgIpc) is 3.04. The van der Waals surface area contributed by atoms with Crippen LogP contribution >= 0.6 is 11.6 Å². The van der Waals surface area contributed by atoms with Gasteiger partial charge in [-0.25, -0.2) is 0 Å². The van der Waals surface area contributed by atoms with Crippen molar-refractivity contribution in [3.8, 4) is 0 Å². The van der Waals surface area contributed by atoms with Crippen molar-refractivity contribution in [1.82, 2.24) is 0 Å². The lowest BCUT2D eigenvalue weighted by molar-refractivity contribution is -0.130. The molecule has 2 bridgehead atoms. The number of benzene rings is 1. The number of ketones is 1. The summed E-state index contributed by atoms with van der Waals surface area (Å²) in [6, 6.07) is 5.45. The number of anilines is 1. The van der Waals surface area contributed by atoms with Crippen molar-refractivity contribution in [1.29, 1.82) is 0 Å². The molecule has 0 heterocycles. The maximum absolute atomic E-state index is 12.6. The van der Waals surface area contributed by atoms with E-state index in [0.717, 1.165) is 17.7 Å². The van der Waals surface area contributed by atoms with Crippen LogP contribution in [0.3, 0.4) is 0 Å². The van der Waals surface area contributed by atoms with Gasteiger partial charge in [0.05, 0.1) is 5.92 Å². The Bertz CT molecular complexity index is 638. The third-order valence-electron chi connectivity index (χ3n) is 4.76. The number of amides is 1. The molecule has 0 radical (unpaired) electrons. The number of fused-ring (bicyclic) bond motifs is 2. The Morgan fingerprint density at radius 3 is 2.52 bits per heavy atom. The van der Waals surface area contributed by atoms with Crippen LogP contribution in [0.15, 0.2) is 30.4 Å². The summed E-state index contributed by atoms with van der Waals surface area (Å²) in [6.07, 6.45) is 5.08. The molecule has 1 aromatic rings. The van der Waals surface area contributed by atoms with E-state index >= 15 is 0 Å². The van der Waals surface area contributed by atoms with Crippen LogP contribution in [0.2, 0.25) is 5.02 Å². The van der Waals surface area contributed by atoms with Gasteiger partial charge in [0.25, 0.3) is 0 Å². The lowest BCUT2D eigenvalue weighted by Crippen LogP contribution is -2.35. The minimum atomic E-state index is -0.254. The molecule has 0 aliphatic heterocycles. The third kappa shape index (κ3) is 2.40. The fraction of sp³-hybridized carbons (Fsp3) is 0.412. The van der Waals surface area contributed by atoms with Gasteiger partial charge in [-0.05, 0) is 49.8 Å². The maximum atomic E-state index is 12.6. The predicted molar refractivity (Wildman–Crippen MR) is 83.2 cm³/mol. The summed E-state index contributed by atoms with van der Waals surface area (Å²) in [5.74, 6) is 0.00898. The molecular weight excluding hydrogens is 286 g/mol. The van der Waals surface area contributed by atoms with E-state index in [9.17, 15) is 9.59 Å². The number of Topliss-reactive ketones (excluding diaryl/α,β-unsaturated/α-hetero) is 1.